The fourth-order valence-electron chi connectivity index (χ4n) is 4.01. The van der Waals surface area contributed by atoms with Crippen LogP contribution in [0.1, 0.15) is 46.0 Å². The van der Waals surface area contributed by atoms with Gasteiger partial charge in [-0.2, -0.15) is 4.31 Å². The van der Waals surface area contributed by atoms with E-state index < -0.39 is 16.0 Å². The second-order valence-corrected chi connectivity index (χ2v) is 11.2. The number of carbonyl (C=O) groups excluding carboxylic acids is 2. The molecule has 0 unspecified atom stereocenters. The van der Waals surface area contributed by atoms with Crippen molar-refractivity contribution in [2.24, 2.45) is 0 Å². The Morgan fingerprint density at radius 1 is 1.09 bits per heavy atom. The number of Topliss-reactive ketones (excluding diaryl/α,β-unsaturated/α-hetero) is 1. The second kappa shape index (κ2) is 10.7. The Bertz CT molecular complexity index is 1320. The van der Waals surface area contributed by atoms with E-state index in [2.05, 4.69) is 5.32 Å². The molecule has 2 heterocycles. The van der Waals surface area contributed by atoms with Crippen molar-refractivity contribution in [1.29, 1.82) is 0 Å². The van der Waals surface area contributed by atoms with Crippen molar-refractivity contribution in [2.75, 3.05) is 31.6 Å². The molecule has 0 spiro atoms. The molecule has 7 nitrogen and oxygen atoms in total. The summed E-state index contributed by atoms with van der Waals surface area (Å²) in [5.74, 6) is -0.735. The maximum atomic E-state index is 13.0. The molecule has 3 aromatic rings. The highest BCUT2D eigenvalue weighted by Gasteiger charge is 2.28. The number of anilines is 1. The van der Waals surface area contributed by atoms with Crippen molar-refractivity contribution in [3.8, 4) is 11.1 Å². The molecule has 0 radical (unpaired) electrons. The van der Waals surface area contributed by atoms with Gasteiger partial charge in [-0.15, -0.1) is 11.3 Å². The lowest BCUT2D eigenvalue weighted by Crippen LogP contribution is -2.28. The Morgan fingerprint density at radius 3 is 2.49 bits per heavy atom. The standard InChI is InChI=1S/C26H28N2O5S2/c1-3-33-26(30)24-22(19-11-9-18(2)10-12-19)17-34-25(24)27-16-23(29)20-7-6-8-21(15-20)35(31,32)28-13-4-5-14-28/h6-12,15,17,27H,3-5,13-14,16H2,1-2H3. The molecular weight excluding hydrogens is 484 g/mol. The summed E-state index contributed by atoms with van der Waals surface area (Å²) in [5.41, 5.74) is 3.42. The summed E-state index contributed by atoms with van der Waals surface area (Å²) in [4.78, 5) is 25.8. The molecule has 0 saturated carbocycles. The Kier molecular flexibility index (Phi) is 7.69. The largest absolute Gasteiger partial charge is 0.462 e. The predicted octanol–water partition coefficient (Wildman–Crippen LogP) is 4.98. The van der Waals surface area contributed by atoms with Crippen molar-refractivity contribution in [3.63, 3.8) is 0 Å². The van der Waals surface area contributed by atoms with Gasteiger partial charge in [0.2, 0.25) is 10.0 Å². The average Bonchev–Trinajstić information content (AvgIpc) is 3.54. The van der Waals surface area contributed by atoms with E-state index in [1.807, 2.05) is 36.6 Å². The van der Waals surface area contributed by atoms with Gasteiger partial charge in [-0.1, -0.05) is 42.0 Å². The smallest absolute Gasteiger partial charge is 0.341 e. The van der Waals surface area contributed by atoms with E-state index in [0.717, 1.165) is 29.5 Å². The Hall–Kier alpha value is -3.01. The summed E-state index contributed by atoms with van der Waals surface area (Å²) in [5, 5.41) is 5.48. The third kappa shape index (κ3) is 5.47. The maximum Gasteiger partial charge on any atom is 0.341 e. The molecule has 1 aromatic heterocycles. The van der Waals surface area contributed by atoms with Crippen LogP contribution >= 0.6 is 11.3 Å². The highest BCUT2D eigenvalue weighted by atomic mass is 32.2. The molecule has 35 heavy (non-hydrogen) atoms. The van der Waals surface area contributed by atoms with Gasteiger partial charge in [0.05, 0.1) is 18.0 Å². The number of esters is 1. The summed E-state index contributed by atoms with van der Waals surface area (Å²) in [6.45, 7) is 4.89. The van der Waals surface area contributed by atoms with Crippen LogP contribution in [0.5, 0.6) is 0 Å². The number of ketones is 1. The Labute approximate surface area is 209 Å². The molecule has 0 amide bonds. The normalized spacial score (nSPS) is 14.1. The van der Waals surface area contributed by atoms with E-state index in [1.54, 1.807) is 19.1 Å². The maximum absolute atomic E-state index is 13.0. The van der Waals surface area contributed by atoms with Gasteiger partial charge in [0.15, 0.2) is 5.78 Å². The lowest BCUT2D eigenvalue weighted by atomic mass is 10.0. The molecule has 0 atom stereocenters. The number of nitrogens with one attached hydrogen (secondary N) is 1. The minimum absolute atomic E-state index is 0.0898. The fourth-order valence-corrected chi connectivity index (χ4v) is 6.53. The number of benzene rings is 2. The predicted molar refractivity (Wildman–Crippen MR) is 138 cm³/mol. The molecule has 0 aliphatic carbocycles. The molecule has 1 fully saturated rings. The van der Waals surface area contributed by atoms with Crippen LogP contribution in [-0.4, -0.2) is 50.7 Å². The van der Waals surface area contributed by atoms with E-state index in [1.165, 1.54) is 27.8 Å². The first-order valence-corrected chi connectivity index (χ1v) is 13.9. The lowest BCUT2D eigenvalue weighted by molar-refractivity contribution is 0.0528. The van der Waals surface area contributed by atoms with Crippen LogP contribution in [0, 0.1) is 6.92 Å². The molecule has 1 N–H and O–H groups in total. The van der Waals surface area contributed by atoms with Crippen LogP contribution in [0.15, 0.2) is 58.8 Å². The van der Waals surface area contributed by atoms with Crippen LogP contribution in [-0.2, 0) is 14.8 Å². The van der Waals surface area contributed by atoms with Gasteiger partial charge in [-0.25, -0.2) is 13.2 Å². The monoisotopic (exact) mass is 512 g/mol. The number of hydrogen-bond acceptors (Lipinski definition) is 7. The van der Waals surface area contributed by atoms with E-state index in [4.69, 9.17) is 4.74 Å². The number of aryl methyl sites for hydroxylation is 1. The summed E-state index contributed by atoms with van der Waals surface area (Å²) in [6, 6.07) is 14.0. The van der Waals surface area contributed by atoms with E-state index in [0.29, 0.717) is 29.2 Å². The van der Waals surface area contributed by atoms with Crippen LogP contribution in [0.3, 0.4) is 0 Å². The van der Waals surface area contributed by atoms with Crippen LogP contribution in [0.25, 0.3) is 11.1 Å². The molecule has 9 heteroatoms. The second-order valence-electron chi connectivity index (χ2n) is 8.36. The first kappa shape index (κ1) is 25.1. The highest BCUT2D eigenvalue weighted by Crippen LogP contribution is 2.36. The zero-order valence-corrected chi connectivity index (χ0v) is 21.4. The van der Waals surface area contributed by atoms with Crippen LogP contribution in [0.2, 0.25) is 0 Å². The Morgan fingerprint density at radius 2 is 1.80 bits per heavy atom. The lowest BCUT2D eigenvalue weighted by Gasteiger charge is -2.16. The Balaban J connectivity index is 1.55. The number of carbonyl (C=O) groups is 2. The number of thiophene rings is 1. The van der Waals surface area contributed by atoms with E-state index in [9.17, 15) is 18.0 Å². The van der Waals surface area contributed by atoms with Gasteiger partial charge >= 0.3 is 5.97 Å². The van der Waals surface area contributed by atoms with Gasteiger partial charge < -0.3 is 10.1 Å². The zero-order valence-electron chi connectivity index (χ0n) is 19.7. The van der Waals surface area contributed by atoms with Gasteiger partial charge in [0.1, 0.15) is 10.6 Å². The molecular formula is C26H28N2O5S2. The summed E-state index contributed by atoms with van der Waals surface area (Å²) < 4.78 is 32.5. The van der Waals surface area contributed by atoms with Crippen molar-refractivity contribution >= 4 is 38.1 Å². The molecule has 2 aromatic carbocycles. The third-order valence-electron chi connectivity index (χ3n) is 5.90. The molecule has 1 aliphatic heterocycles. The van der Waals surface area contributed by atoms with Gasteiger partial charge in [-0.3, -0.25) is 4.79 Å². The van der Waals surface area contributed by atoms with Gasteiger partial charge in [0, 0.05) is 29.6 Å². The number of hydrogen-bond donors (Lipinski definition) is 1. The SMILES string of the molecule is CCOC(=O)c1c(-c2ccc(C)cc2)csc1NCC(=O)c1cccc(S(=O)(=O)N2CCCC2)c1. The summed E-state index contributed by atoms with van der Waals surface area (Å²) in [7, 11) is -3.61. The first-order valence-electron chi connectivity index (χ1n) is 11.5. The van der Waals surface area contributed by atoms with Crippen molar-refractivity contribution in [1.82, 2.24) is 4.31 Å². The highest BCUT2D eigenvalue weighted by molar-refractivity contribution is 7.89. The fraction of sp³-hybridized carbons (Fsp3) is 0.308. The number of ether oxygens (including phenoxy) is 1. The summed E-state index contributed by atoms with van der Waals surface area (Å²) in [6.07, 6.45) is 1.69. The molecule has 1 saturated heterocycles. The van der Waals surface area contributed by atoms with Crippen molar-refractivity contribution in [3.05, 3.63) is 70.6 Å². The topological polar surface area (TPSA) is 92.8 Å². The quantitative estimate of drug-likeness (QED) is 0.321. The third-order valence-corrected chi connectivity index (χ3v) is 8.73. The van der Waals surface area contributed by atoms with Crippen LogP contribution in [0.4, 0.5) is 5.00 Å². The molecule has 184 valence electrons. The van der Waals surface area contributed by atoms with Gasteiger partial charge in [0.25, 0.3) is 0 Å². The molecule has 1 aliphatic rings. The number of nitrogens with zero attached hydrogens (tertiary/aromatic N) is 1. The van der Waals surface area contributed by atoms with Crippen molar-refractivity contribution < 1.29 is 22.7 Å². The summed E-state index contributed by atoms with van der Waals surface area (Å²) >= 11 is 1.32. The van der Waals surface area contributed by atoms with Gasteiger partial charge in [-0.05, 0) is 44.4 Å². The van der Waals surface area contributed by atoms with E-state index >= 15 is 0 Å². The molecule has 4 rings (SSSR count). The first-order chi connectivity index (χ1) is 16.8. The number of sulfonamides is 1. The molecule has 0 bridgehead atoms. The van der Waals surface area contributed by atoms with Crippen LogP contribution < -0.4 is 5.32 Å². The minimum atomic E-state index is -3.61. The number of rotatable bonds is 9. The zero-order chi connectivity index (χ0) is 25.0. The van der Waals surface area contributed by atoms with Crippen molar-refractivity contribution in [2.45, 2.75) is 31.6 Å². The minimum Gasteiger partial charge on any atom is -0.462 e. The average molecular weight is 513 g/mol. The van der Waals surface area contributed by atoms with E-state index in [-0.39, 0.29) is 23.8 Å².